The molecule has 8 heteroatoms. The summed E-state index contributed by atoms with van der Waals surface area (Å²) in [4.78, 5) is 13.8. The van der Waals surface area contributed by atoms with Crippen LogP contribution in [0.5, 0.6) is 0 Å². The maximum atomic E-state index is 12.8. The fourth-order valence-corrected chi connectivity index (χ4v) is 4.37. The lowest BCUT2D eigenvalue weighted by Crippen LogP contribution is -2.41. The maximum absolute atomic E-state index is 12.8. The van der Waals surface area contributed by atoms with Gasteiger partial charge in [-0.1, -0.05) is 48.3 Å². The minimum Gasteiger partial charge on any atom is -0.314 e. The average molecular weight is 401 g/mol. The van der Waals surface area contributed by atoms with Crippen molar-refractivity contribution in [1.82, 2.24) is 4.31 Å². The van der Waals surface area contributed by atoms with Crippen molar-refractivity contribution >= 4 is 44.8 Å². The van der Waals surface area contributed by atoms with E-state index >= 15 is 0 Å². The van der Waals surface area contributed by atoms with Crippen molar-refractivity contribution in [3.05, 3.63) is 58.6 Å². The van der Waals surface area contributed by atoms with Gasteiger partial charge >= 0.3 is 0 Å². The SMILES string of the molecule is CCN(CC(=O)N(C)c1ccccc1)S(=O)(=O)c1cc(Cl)ccc1Cl. The predicted molar refractivity (Wildman–Crippen MR) is 101 cm³/mol. The Morgan fingerprint density at radius 1 is 1.08 bits per heavy atom. The topological polar surface area (TPSA) is 57.7 Å². The third kappa shape index (κ3) is 4.52. The second-order valence-electron chi connectivity index (χ2n) is 5.29. The zero-order valence-electron chi connectivity index (χ0n) is 13.8. The summed E-state index contributed by atoms with van der Waals surface area (Å²) in [7, 11) is -2.34. The van der Waals surface area contributed by atoms with Crippen LogP contribution in [-0.2, 0) is 14.8 Å². The fourth-order valence-electron chi connectivity index (χ4n) is 2.23. The molecule has 0 aliphatic rings. The first kappa shape index (κ1) is 19.7. The number of sulfonamides is 1. The van der Waals surface area contributed by atoms with Crippen LogP contribution < -0.4 is 4.90 Å². The van der Waals surface area contributed by atoms with Gasteiger partial charge in [-0.2, -0.15) is 4.31 Å². The Balaban J connectivity index is 2.27. The summed E-state index contributed by atoms with van der Waals surface area (Å²) in [5.41, 5.74) is 0.682. The molecule has 0 aromatic heterocycles. The van der Waals surface area contributed by atoms with Gasteiger partial charge in [0.15, 0.2) is 0 Å². The van der Waals surface area contributed by atoms with Crippen LogP contribution in [0.25, 0.3) is 0 Å². The van der Waals surface area contributed by atoms with E-state index in [9.17, 15) is 13.2 Å². The standard InChI is InChI=1S/C17H18Cl2N2O3S/c1-3-21(12-17(22)20(2)14-7-5-4-6-8-14)25(23,24)16-11-13(18)9-10-15(16)19/h4-11H,3,12H2,1-2H3. The van der Waals surface area contributed by atoms with Gasteiger partial charge in [-0.25, -0.2) is 8.42 Å². The molecule has 1 amide bonds. The van der Waals surface area contributed by atoms with E-state index in [1.165, 1.54) is 23.1 Å². The van der Waals surface area contributed by atoms with Gasteiger partial charge in [0.25, 0.3) is 0 Å². The Morgan fingerprint density at radius 3 is 2.32 bits per heavy atom. The monoisotopic (exact) mass is 400 g/mol. The van der Waals surface area contributed by atoms with Crippen molar-refractivity contribution in [2.45, 2.75) is 11.8 Å². The lowest BCUT2D eigenvalue weighted by Gasteiger charge is -2.24. The van der Waals surface area contributed by atoms with Crippen LogP contribution in [-0.4, -0.2) is 38.8 Å². The van der Waals surface area contributed by atoms with Crippen molar-refractivity contribution in [2.24, 2.45) is 0 Å². The summed E-state index contributed by atoms with van der Waals surface area (Å²) in [6, 6.07) is 13.2. The second-order valence-corrected chi connectivity index (χ2v) is 8.04. The van der Waals surface area contributed by atoms with Crippen LogP contribution in [0.4, 0.5) is 5.69 Å². The highest BCUT2D eigenvalue weighted by Gasteiger charge is 2.28. The molecule has 25 heavy (non-hydrogen) atoms. The quantitative estimate of drug-likeness (QED) is 0.742. The van der Waals surface area contributed by atoms with Crippen molar-refractivity contribution in [2.75, 3.05) is 25.0 Å². The first-order valence-electron chi connectivity index (χ1n) is 7.54. The Kier molecular flexibility index (Phi) is 6.46. The molecular weight excluding hydrogens is 383 g/mol. The molecule has 0 spiro atoms. The molecule has 0 atom stereocenters. The molecule has 0 saturated heterocycles. The second kappa shape index (κ2) is 8.19. The number of nitrogens with zero attached hydrogens (tertiary/aromatic N) is 2. The summed E-state index contributed by atoms with van der Waals surface area (Å²) in [5, 5.41) is 0.318. The molecule has 0 aliphatic heterocycles. The van der Waals surface area contributed by atoms with Crippen molar-refractivity contribution in [3.63, 3.8) is 0 Å². The zero-order chi connectivity index (χ0) is 18.6. The number of para-hydroxylation sites is 1. The van der Waals surface area contributed by atoms with E-state index in [4.69, 9.17) is 23.2 Å². The number of benzene rings is 2. The number of anilines is 1. The van der Waals surface area contributed by atoms with Crippen molar-refractivity contribution in [1.29, 1.82) is 0 Å². The number of carbonyl (C=O) groups is 1. The third-order valence-electron chi connectivity index (χ3n) is 3.69. The maximum Gasteiger partial charge on any atom is 0.245 e. The van der Waals surface area contributed by atoms with Gasteiger partial charge in [0.2, 0.25) is 15.9 Å². The lowest BCUT2D eigenvalue weighted by atomic mass is 10.3. The van der Waals surface area contributed by atoms with E-state index in [0.717, 1.165) is 4.31 Å². The molecule has 0 saturated carbocycles. The summed E-state index contributed by atoms with van der Waals surface area (Å²) >= 11 is 11.9. The Labute approximate surface area is 157 Å². The summed E-state index contributed by atoms with van der Waals surface area (Å²) < 4.78 is 26.8. The molecule has 134 valence electrons. The zero-order valence-corrected chi connectivity index (χ0v) is 16.1. The molecular formula is C17H18Cl2N2O3S. The number of likely N-dealkylation sites (N-methyl/N-ethyl adjacent to an activating group) is 2. The van der Waals surface area contributed by atoms with E-state index in [2.05, 4.69) is 0 Å². The number of halogens is 2. The fraction of sp³-hybridized carbons (Fsp3) is 0.235. The average Bonchev–Trinajstić information content (AvgIpc) is 2.61. The summed E-state index contributed by atoms with van der Waals surface area (Å²) in [6.07, 6.45) is 0. The molecule has 0 N–H and O–H groups in total. The first-order chi connectivity index (χ1) is 11.8. The van der Waals surface area contributed by atoms with Crippen molar-refractivity contribution in [3.8, 4) is 0 Å². The Hall–Kier alpha value is -1.60. The van der Waals surface area contributed by atoms with Gasteiger partial charge < -0.3 is 4.90 Å². The lowest BCUT2D eigenvalue weighted by molar-refractivity contribution is -0.118. The van der Waals surface area contributed by atoms with Gasteiger partial charge in [0, 0.05) is 24.3 Å². The van der Waals surface area contributed by atoms with Gasteiger partial charge in [0.05, 0.1) is 11.6 Å². The molecule has 0 radical (unpaired) electrons. The van der Waals surface area contributed by atoms with E-state index in [-0.39, 0.29) is 33.9 Å². The summed E-state index contributed by atoms with van der Waals surface area (Å²) in [6.45, 7) is 1.48. The smallest absolute Gasteiger partial charge is 0.245 e. The van der Waals surface area contributed by atoms with Crippen LogP contribution in [0, 0.1) is 0 Å². The van der Waals surface area contributed by atoms with Crippen LogP contribution in [0.3, 0.4) is 0 Å². The molecule has 2 aromatic rings. The number of hydrogen-bond acceptors (Lipinski definition) is 3. The largest absolute Gasteiger partial charge is 0.314 e. The first-order valence-corrected chi connectivity index (χ1v) is 9.73. The Morgan fingerprint density at radius 2 is 1.72 bits per heavy atom. The normalized spacial score (nSPS) is 11.6. The molecule has 0 bridgehead atoms. The molecule has 0 aliphatic carbocycles. The van der Waals surface area contributed by atoms with E-state index in [1.54, 1.807) is 38.2 Å². The Bertz CT molecular complexity index is 857. The minimum absolute atomic E-state index is 0.0618. The number of hydrogen-bond donors (Lipinski definition) is 0. The summed E-state index contributed by atoms with van der Waals surface area (Å²) in [5.74, 6) is -0.352. The predicted octanol–water partition coefficient (Wildman–Crippen LogP) is 3.67. The van der Waals surface area contributed by atoms with Gasteiger partial charge in [-0.05, 0) is 30.3 Å². The molecule has 5 nitrogen and oxygen atoms in total. The van der Waals surface area contributed by atoms with Crippen LogP contribution in [0.1, 0.15) is 6.92 Å². The number of carbonyl (C=O) groups excluding carboxylic acids is 1. The molecule has 0 heterocycles. The van der Waals surface area contributed by atoms with Crippen LogP contribution in [0.2, 0.25) is 10.0 Å². The highest BCUT2D eigenvalue weighted by Crippen LogP contribution is 2.27. The number of amides is 1. The third-order valence-corrected chi connectivity index (χ3v) is 6.33. The van der Waals surface area contributed by atoms with Gasteiger partial charge in [-0.3, -0.25) is 4.79 Å². The van der Waals surface area contributed by atoms with E-state index in [0.29, 0.717) is 5.69 Å². The highest BCUT2D eigenvalue weighted by atomic mass is 35.5. The number of rotatable bonds is 6. The molecule has 2 aromatic carbocycles. The molecule has 0 unspecified atom stereocenters. The van der Waals surface area contributed by atoms with Gasteiger partial charge in [0.1, 0.15) is 4.90 Å². The van der Waals surface area contributed by atoms with Gasteiger partial charge in [-0.15, -0.1) is 0 Å². The molecule has 2 rings (SSSR count). The van der Waals surface area contributed by atoms with Crippen LogP contribution >= 0.6 is 23.2 Å². The highest BCUT2D eigenvalue weighted by molar-refractivity contribution is 7.89. The molecule has 0 fully saturated rings. The van der Waals surface area contributed by atoms with E-state index in [1.807, 2.05) is 6.07 Å². The minimum atomic E-state index is -3.95. The van der Waals surface area contributed by atoms with Crippen LogP contribution in [0.15, 0.2) is 53.4 Å². The van der Waals surface area contributed by atoms with E-state index < -0.39 is 10.0 Å². The van der Waals surface area contributed by atoms with Crippen molar-refractivity contribution < 1.29 is 13.2 Å².